The number of carbonyl (C=O) groups is 3. The third-order valence-corrected chi connectivity index (χ3v) is 6.23. The number of nitrogens with zero attached hydrogens (tertiary/aromatic N) is 1. The molecule has 0 saturated carbocycles. The van der Waals surface area contributed by atoms with Gasteiger partial charge in [-0.15, -0.1) is 11.3 Å². The first-order chi connectivity index (χ1) is 15.9. The van der Waals surface area contributed by atoms with Crippen molar-refractivity contribution in [2.24, 2.45) is 0 Å². The van der Waals surface area contributed by atoms with E-state index in [-0.39, 0.29) is 24.5 Å². The number of aromatic nitrogens is 1. The lowest BCUT2D eigenvalue weighted by molar-refractivity contribution is -0.139. The summed E-state index contributed by atoms with van der Waals surface area (Å²) in [6.07, 6.45) is 0. The van der Waals surface area contributed by atoms with Crippen molar-refractivity contribution in [3.63, 3.8) is 0 Å². The number of benzene rings is 1. The lowest BCUT2D eigenvalue weighted by atomic mass is 10.0. The molecule has 4 rings (SSSR count). The van der Waals surface area contributed by atoms with Crippen molar-refractivity contribution in [3.05, 3.63) is 63.6 Å². The van der Waals surface area contributed by atoms with Crippen LogP contribution in [0.3, 0.4) is 0 Å². The SMILES string of the molecule is CCOC(=O)C1=C(COC(=O)c2cc(-c3ccc(Cl)s3)nc3ccccc23)NC(=O)N[C@H]1C. The molecule has 3 aromatic rings. The second-order valence-corrected chi connectivity index (χ2v) is 8.90. The van der Waals surface area contributed by atoms with Gasteiger partial charge in [-0.25, -0.2) is 19.4 Å². The predicted molar refractivity (Wildman–Crippen MR) is 125 cm³/mol. The lowest BCUT2D eigenvalue weighted by Gasteiger charge is -2.26. The number of rotatable bonds is 6. The number of thiophene rings is 1. The zero-order chi connectivity index (χ0) is 23.5. The van der Waals surface area contributed by atoms with Gasteiger partial charge in [0.2, 0.25) is 0 Å². The maximum Gasteiger partial charge on any atom is 0.339 e. The molecule has 2 aromatic heterocycles. The van der Waals surface area contributed by atoms with Crippen LogP contribution in [-0.4, -0.2) is 42.2 Å². The highest BCUT2D eigenvalue weighted by atomic mass is 35.5. The van der Waals surface area contributed by atoms with E-state index in [4.69, 9.17) is 21.1 Å². The van der Waals surface area contributed by atoms with Crippen molar-refractivity contribution in [2.75, 3.05) is 13.2 Å². The fraction of sp³-hybridized carbons (Fsp3) is 0.217. The molecule has 1 atom stereocenters. The van der Waals surface area contributed by atoms with Gasteiger partial charge in [-0.3, -0.25) is 0 Å². The van der Waals surface area contributed by atoms with Crippen LogP contribution in [0.5, 0.6) is 0 Å². The van der Waals surface area contributed by atoms with E-state index < -0.39 is 24.0 Å². The number of ether oxygens (including phenoxy) is 2. The smallest absolute Gasteiger partial charge is 0.339 e. The Labute approximate surface area is 198 Å². The highest BCUT2D eigenvalue weighted by Crippen LogP contribution is 2.32. The van der Waals surface area contributed by atoms with Crippen LogP contribution in [0.1, 0.15) is 24.2 Å². The van der Waals surface area contributed by atoms with E-state index in [0.717, 1.165) is 4.88 Å². The van der Waals surface area contributed by atoms with Crippen molar-refractivity contribution < 1.29 is 23.9 Å². The van der Waals surface area contributed by atoms with Crippen LogP contribution in [0.15, 0.2) is 53.7 Å². The van der Waals surface area contributed by atoms with E-state index in [1.165, 1.54) is 11.3 Å². The number of urea groups is 1. The highest BCUT2D eigenvalue weighted by Gasteiger charge is 2.30. The summed E-state index contributed by atoms with van der Waals surface area (Å²) < 4.78 is 11.2. The highest BCUT2D eigenvalue weighted by molar-refractivity contribution is 7.19. The summed E-state index contributed by atoms with van der Waals surface area (Å²) in [5, 5.41) is 5.77. The molecule has 1 aromatic carbocycles. The minimum atomic E-state index is -0.617. The Kier molecular flexibility index (Phi) is 6.62. The summed E-state index contributed by atoms with van der Waals surface area (Å²) in [5.74, 6) is -1.21. The van der Waals surface area contributed by atoms with Crippen molar-refractivity contribution >= 4 is 51.8 Å². The maximum atomic E-state index is 13.1. The van der Waals surface area contributed by atoms with Crippen LogP contribution < -0.4 is 10.6 Å². The van der Waals surface area contributed by atoms with Gasteiger partial charge in [0.15, 0.2) is 0 Å². The normalized spacial score (nSPS) is 15.7. The Morgan fingerprint density at radius 1 is 1.15 bits per heavy atom. The van der Waals surface area contributed by atoms with Crippen LogP contribution in [0.2, 0.25) is 4.34 Å². The minimum absolute atomic E-state index is 0.175. The average Bonchev–Trinajstić information content (AvgIpc) is 3.22. The van der Waals surface area contributed by atoms with Gasteiger partial charge in [0.25, 0.3) is 0 Å². The molecule has 2 N–H and O–H groups in total. The maximum absolute atomic E-state index is 13.1. The number of para-hydroxylation sites is 1. The monoisotopic (exact) mass is 485 g/mol. The lowest BCUT2D eigenvalue weighted by Crippen LogP contribution is -2.50. The van der Waals surface area contributed by atoms with Gasteiger partial charge in [-0.2, -0.15) is 0 Å². The summed E-state index contributed by atoms with van der Waals surface area (Å²) in [5.41, 5.74) is 1.92. The van der Waals surface area contributed by atoms with Gasteiger partial charge in [0.05, 0.1) is 49.9 Å². The van der Waals surface area contributed by atoms with Crippen LogP contribution >= 0.6 is 22.9 Å². The van der Waals surface area contributed by atoms with Gasteiger partial charge in [0, 0.05) is 5.39 Å². The summed E-state index contributed by atoms with van der Waals surface area (Å²) in [4.78, 5) is 42.9. The standard InChI is InChI=1S/C23H20ClN3O5S/c1-3-31-22(29)20-12(2)25-23(30)27-17(20)11-32-21(28)14-10-16(18-8-9-19(24)33-18)26-15-7-5-4-6-13(14)15/h4-10,12H,3,11H2,1-2H3,(H2,25,27,30)/t12-/m0/s1. The van der Waals surface area contributed by atoms with E-state index in [9.17, 15) is 14.4 Å². The quantitative estimate of drug-likeness (QED) is 0.504. The van der Waals surface area contributed by atoms with Crippen molar-refractivity contribution in [2.45, 2.75) is 19.9 Å². The molecule has 0 spiro atoms. The molecule has 1 aliphatic heterocycles. The number of esters is 2. The molecular weight excluding hydrogens is 466 g/mol. The molecule has 0 fully saturated rings. The largest absolute Gasteiger partial charge is 0.463 e. The number of amides is 2. The molecule has 2 amide bonds. The zero-order valence-corrected chi connectivity index (χ0v) is 19.4. The van der Waals surface area contributed by atoms with Crippen LogP contribution in [0.4, 0.5) is 4.79 Å². The molecule has 0 aliphatic carbocycles. The third kappa shape index (κ3) is 4.84. The van der Waals surface area contributed by atoms with Gasteiger partial charge >= 0.3 is 18.0 Å². The van der Waals surface area contributed by atoms with Crippen molar-refractivity contribution in [1.29, 1.82) is 0 Å². The predicted octanol–water partition coefficient (Wildman–Crippen LogP) is 4.29. The molecule has 8 nitrogen and oxygen atoms in total. The van der Waals surface area contributed by atoms with Crippen LogP contribution in [-0.2, 0) is 14.3 Å². The first-order valence-corrected chi connectivity index (χ1v) is 11.4. The topological polar surface area (TPSA) is 107 Å². The second kappa shape index (κ2) is 9.60. The Balaban J connectivity index is 1.66. The fourth-order valence-corrected chi connectivity index (χ4v) is 4.53. The van der Waals surface area contributed by atoms with E-state index >= 15 is 0 Å². The van der Waals surface area contributed by atoms with Crippen LogP contribution in [0.25, 0.3) is 21.5 Å². The molecule has 10 heteroatoms. The Hall–Kier alpha value is -3.43. The summed E-state index contributed by atoms with van der Waals surface area (Å²) >= 11 is 7.42. The number of pyridine rings is 1. The van der Waals surface area contributed by atoms with E-state index in [2.05, 4.69) is 15.6 Å². The molecule has 0 radical (unpaired) electrons. The number of carbonyl (C=O) groups excluding carboxylic acids is 3. The molecule has 0 unspecified atom stereocenters. The number of fused-ring (bicyclic) bond motifs is 1. The molecular formula is C23H20ClN3O5S. The molecule has 33 heavy (non-hydrogen) atoms. The van der Waals surface area contributed by atoms with Crippen molar-refractivity contribution in [1.82, 2.24) is 15.6 Å². The zero-order valence-electron chi connectivity index (χ0n) is 17.8. The fourth-order valence-electron chi connectivity index (χ4n) is 3.53. The second-order valence-electron chi connectivity index (χ2n) is 7.18. The van der Waals surface area contributed by atoms with Crippen molar-refractivity contribution in [3.8, 4) is 10.6 Å². The van der Waals surface area contributed by atoms with Gasteiger partial charge < -0.3 is 20.1 Å². The van der Waals surface area contributed by atoms with Gasteiger partial charge in [-0.1, -0.05) is 29.8 Å². The van der Waals surface area contributed by atoms with Crippen LogP contribution in [0, 0.1) is 0 Å². The number of hydrogen-bond acceptors (Lipinski definition) is 7. The number of hydrogen-bond donors (Lipinski definition) is 2. The Bertz CT molecular complexity index is 1290. The molecule has 170 valence electrons. The first kappa shape index (κ1) is 22.8. The minimum Gasteiger partial charge on any atom is -0.463 e. The first-order valence-electron chi connectivity index (χ1n) is 10.2. The number of halogens is 1. The third-order valence-electron chi connectivity index (χ3n) is 4.97. The Morgan fingerprint density at radius 3 is 2.67 bits per heavy atom. The van der Waals surface area contributed by atoms with Gasteiger partial charge in [0.1, 0.15) is 6.61 Å². The van der Waals surface area contributed by atoms with Gasteiger partial charge in [-0.05, 0) is 38.1 Å². The summed E-state index contributed by atoms with van der Waals surface area (Å²) in [6, 6.07) is 11.4. The summed E-state index contributed by atoms with van der Waals surface area (Å²) in [6.45, 7) is 3.21. The Morgan fingerprint density at radius 2 is 1.94 bits per heavy atom. The van der Waals surface area contributed by atoms with E-state index in [1.54, 1.807) is 44.2 Å². The number of nitrogens with one attached hydrogen (secondary N) is 2. The molecule has 0 saturated heterocycles. The molecule has 3 heterocycles. The summed E-state index contributed by atoms with van der Waals surface area (Å²) in [7, 11) is 0. The molecule has 1 aliphatic rings. The molecule has 0 bridgehead atoms. The average molecular weight is 486 g/mol. The van der Waals surface area contributed by atoms with E-state index in [1.807, 2.05) is 12.1 Å². The van der Waals surface area contributed by atoms with E-state index in [0.29, 0.717) is 26.5 Å².